The van der Waals surface area contributed by atoms with Gasteiger partial charge in [0.05, 0.1) is 11.3 Å². The van der Waals surface area contributed by atoms with Crippen molar-refractivity contribution in [3.05, 3.63) is 59.2 Å². The van der Waals surface area contributed by atoms with Crippen molar-refractivity contribution in [1.29, 1.82) is 0 Å². The molecular weight excluding hydrogens is 274 g/mol. The molecule has 0 atom stereocenters. The number of rotatable bonds is 2. The van der Waals surface area contributed by atoms with Gasteiger partial charge in [-0.05, 0) is 31.2 Å². The first-order valence-corrected chi connectivity index (χ1v) is 6.35. The number of aliphatic imine (C=N–C) groups is 1. The Morgan fingerprint density at radius 3 is 2.67 bits per heavy atom. The summed E-state index contributed by atoms with van der Waals surface area (Å²) >= 11 is 0. The number of H-pyrrole nitrogens is 1. The third kappa shape index (κ3) is 2.50. The Bertz CT molecular complexity index is 853. The average Bonchev–Trinajstić information content (AvgIpc) is 2.75. The van der Waals surface area contributed by atoms with Crippen molar-refractivity contribution in [2.45, 2.75) is 6.92 Å². The van der Waals surface area contributed by atoms with Gasteiger partial charge >= 0.3 is 0 Å². The third-order valence-corrected chi connectivity index (χ3v) is 3.22. The van der Waals surface area contributed by atoms with Crippen molar-refractivity contribution in [2.75, 3.05) is 0 Å². The molecule has 0 saturated carbocycles. The molecule has 0 aliphatic rings. The summed E-state index contributed by atoms with van der Waals surface area (Å²) in [5, 5.41) is 10.7. The maximum Gasteiger partial charge on any atom is 0.198 e. The van der Waals surface area contributed by atoms with Crippen molar-refractivity contribution in [3.63, 3.8) is 0 Å². The predicted octanol–water partition coefficient (Wildman–Crippen LogP) is 4.21. The zero-order valence-corrected chi connectivity index (χ0v) is 11.2. The van der Waals surface area contributed by atoms with Gasteiger partial charge in [0.25, 0.3) is 0 Å². The largest absolute Gasteiger partial charge is 0.494 e. The molecule has 0 bridgehead atoms. The molecule has 0 saturated heterocycles. The highest BCUT2D eigenvalue weighted by atomic mass is 19.2. The van der Waals surface area contributed by atoms with Crippen LogP contribution in [-0.4, -0.2) is 16.3 Å². The molecule has 21 heavy (non-hydrogen) atoms. The topological polar surface area (TPSA) is 48.4 Å². The lowest BCUT2D eigenvalue weighted by atomic mass is 10.1. The second-order valence-electron chi connectivity index (χ2n) is 4.79. The molecule has 0 aliphatic carbocycles. The molecule has 0 radical (unpaired) electrons. The van der Waals surface area contributed by atoms with Crippen molar-refractivity contribution >= 4 is 22.8 Å². The lowest BCUT2D eigenvalue weighted by Crippen LogP contribution is -1.83. The first-order valence-electron chi connectivity index (χ1n) is 6.35. The van der Waals surface area contributed by atoms with E-state index in [4.69, 9.17) is 0 Å². The van der Waals surface area contributed by atoms with Crippen LogP contribution >= 0.6 is 0 Å². The van der Waals surface area contributed by atoms with Crippen LogP contribution in [0.1, 0.15) is 11.1 Å². The van der Waals surface area contributed by atoms with Gasteiger partial charge in [0.1, 0.15) is 0 Å². The normalized spacial score (nSPS) is 11.6. The Hall–Kier alpha value is -2.69. The molecule has 0 spiro atoms. The van der Waals surface area contributed by atoms with Crippen LogP contribution in [-0.2, 0) is 0 Å². The zero-order valence-electron chi connectivity index (χ0n) is 11.2. The monoisotopic (exact) mass is 286 g/mol. The van der Waals surface area contributed by atoms with E-state index < -0.39 is 11.6 Å². The van der Waals surface area contributed by atoms with Crippen LogP contribution in [0.15, 0.2) is 41.4 Å². The summed E-state index contributed by atoms with van der Waals surface area (Å²) in [6.07, 6.45) is 1.43. The number of hydrogen-bond acceptors (Lipinski definition) is 2. The van der Waals surface area contributed by atoms with E-state index in [-0.39, 0.29) is 11.6 Å². The van der Waals surface area contributed by atoms with Crippen molar-refractivity contribution in [2.24, 2.45) is 4.99 Å². The number of aryl methyl sites for hydroxylation is 1. The number of nitrogens with one attached hydrogen (secondary N) is 1. The van der Waals surface area contributed by atoms with E-state index in [9.17, 15) is 13.9 Å². The van der Waals surface area contributed by atoms with Crippen LogP contribution in [0.4, 0.5) is 14.5 Å². The molecule has 5 heteroatoms. The van der Waals surface area contributed by atoms with E-state index in [0.717, 1.165) is 28.6 Å². The van der Waals surface area contributed by atoms with Crippen molar-refractivity contribution < 1.29 is 13.9 Å². The fraction of sp³-hybridized carbons (Fsp3) is 0.0625. The Kier molecular flexibility index (Phi) is 3.17. The summed E-state index contributed by atoms with van der Waals surface area (Å²) in [5.41, 5.74) is 2.61. The first-order chi connectivity index (χ1) is 10.0. The minimum absolute atomic E-state index is 0.0121. The summed E-state index contributed by atoms with van der Waals surface area (Å²) in [4.78, 5) is 6.92. The van der Waals surface area contributed by atoms with Gasteiger partial charge < -0.3 is 10.1 Å². The second kappa shape index (κ2) is 5.01. The number of benzene rings is 2. The number of halogens is 2. The SMILES string of the molecule is Cc1ccc2[nH]c(O)c(C=Nc3ccc(F)c(F)c3)c2c1. The molecule has 3 aromatic rings. The highest BCUT2D eigenvalue weighted by molar-refractivity contribution is 6.02. The number of fused-ring (bicyclic) bond motifs is 1. The van der Waals surface area contributed by atoms with Gasteiger partial charge in [-0.2, -0.15) is 0 Å². The minimum atomic E-state index is -0.955. The summed E-state index contributed by atoms with van der Waals surface area (Å²) in [6, 6.07) is 9.09. The van der Waals surface area contributed by atoms with Gasteiger partial charge in [-0.25, -0.2) is 8.78 Å². The fourth-order valence-electron chi connectivity index (χ4n) is 2.15. The summed E-state index contributed by atoms with van der Waals surface area (Å²) in [5.74, 6) is -1.88. The molecule has 1 heterocycles. The van der Waals surface area contributed by atoms with E-state index in [2.05, 4.69) is 9.98 Å². The van der Waals surface area contributed by atoms with E-state index in [1.807, 2.05) is 25.1 Å². The number of aromatic hydroxyl groups is 1. The van der Waals surface area contributed by atoms with Crippen LogP contribution in [0.2, 0.25) is 0 Å². The zero-order chi connectivity index (χ0) is 15.0. The van der Waals surface area contributed by atoms with Gasteiger partial charge in [0.2, 0.25) is 0 Å². The summed E-state index contributed by atoms with van der Waals surface area (Å²) < 4.78 is 26.0. The number of aromatic nitrogens is 1. The Morgan fingerprint density at radius 1 is 1.10 bits per heavy atom. The molecular formula is C16H12F2N2O. The van der Waals surface area contributed by atoms with Gasteiger partial charge in [-0.3, -0.25) is 4.99 Å². The molecule has 0 unspecified atom stereocenters. The predicted molar refractivity (Wildman–Crippen MR) is 78.3 cm³/mol. The number of aromatic amines is 1. The molecule has 0 aliphatic heterocycles. The minimum Gasteiger partial charge on any atom is -0.494 e. The molecule has 2 aromatic carbocycles. The van der Waals surface area contributed by atoms with Crippen LogP contribution < -0.4 is 0 Å². The molecule has 0 amide bonds. The fourth-order valence-corrected chi connectivity index (χ4v) is 2.15. The third-order valence-electron chi connectivity index (χ3n) is 3.22. The number of nitrogens with zero attached hydrogens (tertiary/aromatic N) is 1. The molecule has 1 aromatic heterocycles. The quantitative estimate of drug-likeness (QED) is 0.681. The summed E-state index contributed by atoms with van der Waals surface area (Å²) in [7, 11) is 0. The van der Waals surface area contributed by atoms with E-state index in [0.29, 0.717) is 5.56 Å². The molecule has 3 nitrogen and oxygen atoms in total. The smallest absolute Gasteiger partial charge is 0.198 e. The van der Waals surface area contributed by atoms with Crippen LogP contribution in [0, 0.1) is 18.6 Å². The standard InChI is InChI=1S/C16H12F2N2O/c1-9-2-5-15-11(6-9)12(16(21)20-15)8-19-10-3-4-13(17)14(18)7-10/h2-8,20-21H,1H3. The van der Waals surface area contributed by atoms with E-state index in [1.165, 1.54) is 12.3 Å². The second-order valence-corrected chi connectivity index (χ2v) is 4.79. The van der Waals surface area contributed by atoms with Gasteiger partial charge in [-0.15, -0.1) is 0 Å². The Morgan fingerprint density at radius 2 is 1.90 bits per heavy atom. The molecule has 2 N–H and O–H groups in total. The highest BCUT2D eigenvalue weighted by Gasteiger charge is 2.09. The lowest BCUT2D eigenvalue weighted by molar-refractivity contribution is 0.457. The molecule has 3 rings (SSSR count). The van der Waals surface area contributed by atoms with Crippen LogP contribution in [0.25, 0.3) is 10.9 Å². The van der Waals surface area contributed by atoms with Crippen molar-refractivity contribution in [1.82, 2.24) is 4.98 Å². The average molecular weight is 286 g/mol. The molecule has 106 valence electrons. The van der Waals surface area contributed by atoms with E-state index >= 15 is 0 Å². The van der Waals surface area contributed by atoms with Crippen LogP contribution in [0.3, 0.4) is 0 Å². The van der Waals surface area contributed by atoms with Crippen LogP contribution in [0.5, 0.6) is 5.88 Å². The van der Waals surface area contributed by atoms with Gasteiger partial charge in [-0.1, -0.05) is 11.6 Å². The molecule has 0 fully saturated rings. The van der Waals surface area contributed by atoms with Gasteiger partial charge in [0, 0.05) is 23.2 Å². The summed E-state index contributed by atoms with van der Waals surface area (Å²) in [6.45, 7) is 1.94. The lowest BCUT2D eigenvalue weighted by Gasteiger charge is -1.97. The Labute approximate surface area is 119 Å². The first kappa shape index (κ1) is 13.3. The maximum absolute atomic E-state index is 13.1. The van der Waals surface area contributed by atoms with Gasteiger partial charge in [0.15, 0.2) is 17.5 Å². The van der Waals surface area contributed by atoms with E-state index in [1.54, 1.807) is 0 Å². The van der Waals surface area contributed by atoms with Crippen molar-refractivity contribution in [3.8, 4) is 5.88 Å². The number of hydrogen-bond donors (Lipinski definition) is 2. The maximum atomic E-state index is 13.1. The Balaban J connectivity index is 2.04. The highest BCUT2D eigenvalue weighted by Crippen LogP contribution is 2.27.